The molecule has 0 aromatic heterocycles. The summed E-state index contributed by atoms with van der Waals surface area (Å²) in [4.78, 5) is 38.1. The minimum Gasteiger partial charge on any atom is -0.507 e. The number of aliphatic hydroxyl groups is 3. The van der Waals surface area contributed by atoms with Crippen LogP contribution in [0.15, 0.2) is 18.2 Å². The second kappa shape index (κ2) is 10.8. The summed E-state index contributed by atoms with van der Waals surface area (Å²) in [5, 5.41) is 49.1. The smallest absolute Gasteiger partial charge is 0.202 e. The van der Waals surface area contributed by atoms with E-state index in [1.165, 1.54) is 13.2 Å². The Morgan fingerprint density at radius 2 is 1.68 bits per heavy atom. The molecule has 10 heteroatoms. The maximum Gasteiger partial charge on any atom is 0.202 e. The highest BCUT2D eigenvalue weighted by atomic mass is 16.6. The van der Waals surface area contributed by atoms with Crippen molar-refractivity contribution < 1.29 is 49.4 Å². The maximum absolute atomic E-state index is 13.1. The fraction of sp³-hybridized carbons (Fsp3) is 0.464. The Labute approximate surface area is 219 Å². The molecule has 38 heavy (non-hydrogen) atoms. The number of Topliss-reactive ketones (excluding diaryl/α,β-unsaturated/α-hetero) is 1. The van der Waals surface area contributed by atoms with E-state index < -0.39 is 36.5 Å². The predicted octanol–water partition coefficient (Wildman–Crippen LogP) is 1.66. The summed E-state index contributed by atoms with van der Waals surface area (Å²) in [7, 11) is 1.38. The van der Waals surface area contributed by atoms with Crippen molar-refractivity contribution in [1.82, 2.24) is 0 Å². The summed E-state index contributed by atoms with van der Waals surface area (Å²) in [6.45, 7) is 3.07. The minimum absolute atomic E-state index is 0.0568. The van der Waals surface area contributed by atoms with E-state index in [1.807, 2.05) is 6.92 Å². The van der Waals surface area contributed by atoms with Crippen LogP contribution in [0.2, 0.25) is 0 Å². The second-order valence-electron chi connectivity index (χ2n) is 10.0. The number of aromatic hydroxyl groups is 2. The number of methoxy groups -OCH3 is 1. The molecule has 1 saturated heterocycles. The molecule has 5 N–H and O–H groups in total. The molecule has 1 fully saturated rings. The van der Waals surface area contributed by atoms with Gasteiger partial charge in [-0.15, -0.1) is 0 Å². The first kappa shape index (κ1) is 27.7. The topological polar surface area (TPSA) is 171 Å². The molecule has 5 rings (SSSR count). The molecular formula is C28H32O10. The van der Waals surface area contributed by atoms with Crippen LogP contribution in [0.5, 0.6) is 17.2 Å². The van der Waals surface area contributed by atoms with Crippen molar-refractivity contribution in [2.75, 3.05) is 13.7 Å². The van der Waals surface area contributed by atoms with Crippen LogP contribution in [0.4, 0.5) is 0 Å². The van der Waals surface area contributed by atoms with Crippen LogP contribution in [0, 0.1) is 11.8 Å². The Balaban J connectivity index is 0.000000283. The summed E-state index contributed by atoms with van der Waals surface area (Å²) >= 11 is 0. The van der Waals surface area contributed by atoms with Crippen LogP contribution in [0.1, 0.15) is 69.7 Å². The monoisotopic (exact) mass is 528 g/mol. The summed E-state index contributed by atoms with van der Waals surface area (Å²) in [5.74, 6) is -2.42. The lowest BCUT2D eigenvalue weighted by molar-refractivity contribution is -0.209. The highest BCUT2D eigenvalue weighted by Crippen LogP contribution is 2.47. The van der Waals surface area contributed by atoms with Gasteiger partial charge in [0, 0.05) is 29.0 Å². The van der Waals surface area contributed by atoms with E-state index in [9.17, 15) is 29.7 Å². The van der Waals surface area contributed by atoms with E-state index >= 15 is 0 Å². The molecule has 2 aliphatic carbocycles. The van der Waals surface area contributed by atoms with Gasteiger partial charge in [0.1, 0.15) is 23.9 Å². The standard InChI is InChI=1S/C21H18O7.C7H14O3/c1-28-14-4-2-3-11-15(14)21(27)17-16(19(11)25)20(26)12-7-9(13(23)8-22)5-6-10(12)18(17)24;1-4-3-6(8)10-5(2)7(4)9/h2-4,9,22,24,26H,5-8H2,1H3;4-9H,3H2,1-2H3. The van der Waals surface area contributed by atoms with Crippen molar-refractivity contribution in [3.8, 4) is 17.2 Å². The molecule has 0 spiro atoms. The first-order valence-corrected chi connectivity index (χ1v) is 12.5. The number of phenols is 2. The molecule has 204 valence electrons. The van der Waals surface area contributed by atoms with Gasteiger partial charge in [0.25, 0.3) is 0 Å². The molecule has 0 saturated carbocycles. The Hall–Kier alpha value is -3.31. The molecule has 2 aromatic rings. The number of phenolic OH excluding ortho intramolecular Hbond substituents is 2. The summed E-state index contributed by atoms with van der Waals surface area (Å²) in [6, 6.07) is 4.59. The van der Waals surface area contributed by atoms with Crippen LogP contribution in [-0.4, -0.2) is 75.1 Å². The number of fused-ring (bicyclic) bond motifs is 3. The molecule has 1 aliphatic heterocycles. The number of hydrogen-bond acceptors (Lipinski definition) is 10. The second-order valence-corrected chi connectivity index (χ2v) is 10.0. The average Bonchev–Trinajstić information content (AvgIpc) is 2.91. The zero-order valence-corrected chi connectivity index (χ0v) is 21.4. The summed E-state index contributed by atoms with van der Waals surface area (Å²) in [6.07, 6.45) is -0.103. The summed E-state index contributed by atoms with van der Waals surface area (Å²) in [5.41, 5.74) is 0.301. The van der Waals surface area contributed by atoms with E-state index in [4.69, 9.17) is 19.7 Å². The number of hydrogen-bond donors (Lipinski definition) is 5. The molecule has 2 aromatic carbocycles. The van der Waals surface area contributed by atoms with Gasteiger partial charge in [-0.2, -0.15) is 0 Å². The molecule has 0 amide bonds. The van der Waals surface area contributed by atoms with E-state index in [0.29, 0.717) is 18.4 Å². The van der Waals surface area contributed by atoms with E-state index in [2.05, 4.69) is 0 Å². The Morgan fingerprint density at radius 3 is 2.32 bits per heavy atom. The third-order valence-electron chi connectivity index (χ3n) is 7.65. The van der Waals surface area contributed by atoms with Gasteiger partial charge in [0.2, 0.25) is 5.78 Å². The maximum atomic E-state index is 13.1. The van der Waals surface area contributed by atoms with E-state index in [1.54, 1.807) is 19.1 Å². The molecule has 5 unspecified atom stereocenters. The van der Waals surface area contributed by atoms with Gasteiger partial charge in [-0.3, -0.25) is 14.4 Å². The van der Waals surface area contributed by atoms with Crippen molar-refractivity contribution in [2.24, 2.45) is 11.8 Å². The molecule has 0 bridgehead atoms. The van der Waals surface area contributed by atoms with Gasteiger partial charge in [-0.25, -0.2) is 0 Å². The van der Waals surface area contributed by atoms with Gasteiger partial charge in [-0.1, -0.05) is 19.1 Å². The van der Waals surface area contributed by atoms with Crippen LogP contribution in [0.25, 0.3) is 0 Å². The van der Waals surface area contributed by atoms with Crippen molar-refractivity contribution >= 4 is 17.3 Å². The van der Waals surface area contributed by atoms with Crippen LogP contribution in [0.3, 0.4) is 0 Å². The largest absolute Gasteiger partial charge is 0.507 e. The minimum atomic E-state index is -0.687. The number of aliphatic hydroxyl groups excluding tert-OH is 3. The van der Waals surface area contributed by atoms with Gasteiger partial charge in [0.05, 0.1) is 36.0 Å². The number of ketones is 3. The number of carbonyl (C=O) groups is 3. The van der Waals surface area contributed by atoms with Crippen molar-refractivity contribution in [3.63, 3.8) is 0 Å². The molecule has 1 heterocycles. The quantitative estimate of drug-likeness (QED) is 0.315. The van der Waals surface area contributed by atoms with Gasteiger partial charge in [0.15, 0.2) is 17.9 Å². The fourth-order valence-electron chi connectivity index (χ4n) is 5.51. The molecule has 0 radical (unpaired) electrons. The number of benzene rings is 2. The average molecular weight is 529 g/mol. The lowest BCUT2D eigenvalue weighted by atomic mass is 9.75. The van der Waals surface area contributed by atoms with Crippen molar-refractivity contribution in [3.05, 3.63) is 51.6 Å². The first-order chi connectivity index (χ1) is 18.0. The highest BCUT2D eigenvalue weighted by molar-refractivity contribution is 6.31. The normalized spacial score (nSPS) is 25.9. The van der Waals surface area contributed by atoms with Crippen LogP contribution in [-0.2, 0) is 22.4 Å². The number of carbonyl (C=O) groups excluding carboxylic acids is 3. The van der Waals surface area contributed by atoms with E-state index in [-0.39, 0.29) is 75.7 Å². The van der Waals surface area contributed by atoms with Crippen LogP contribution < -0.4 is 4.74 Å². The zero-order valence-electron chi connectivity index (χ0n) is 21.4. The van der Waals surface area contributed by atoms with E-state index in [0.717, 1.165) is 0 Å². The SMILES string of the molecule is CC1CC(O)OC(C)C1O.COc1cccc2c1C(=O)c1c(O)c3c(c(O)c1C2=O)CC(C(=O)CO)CC3. The summed E-state index contributed by atoms with van der Waals surface area (Å²) < 4.78 is 10.2. The number of rotatable bonds is 3. The highest BCUT2D eigenvalue weighted by Gasteiger charge is 2.41. The van der Waals surface area contributed by atoms with Crippen LogP contribution >= 0.6 is 0 Å². The third-order valence-corrected chi connectivity index (χ3v) is 7.65. The first-order valence-electron chi connectivity index (χ1n) is 12.5. The van der Waals surface area contributed by atoms with Gasteiger partial charge in [-0.05, 0) is 38.2 Å². The van der Waals surface area contributed by atoms with Crippen molar-refractivity contribution in [2.45, 2.75) is 58.0 Å². The lowest BCUT2D eigenvalue weighted by Gasteiger charge is -2.33. The molecule has 5 atom stereocenters. The Bertz CT molecular complexity index is 1270. The lowest BCUT2D eigenvalue weighted by Crippen LogP contribution is -2.42. The zero-order chi connectivity index (χ0) is 27.9. The van der Waals surface area contributed by atoms with Gasteiger partial charge >= 0.3 is 0 Å². The van der Waals surface area contributed by atoms with Gasteiger partial charge < -0.3 is 35.0 Å². The third kappa shape index (κ3) is 4.69. The molecule has 10 nitrogen and oxygen atoms in total. The Kier molecular flexibility index (Phi) is 7.89. The Morgan fingerprint density at radius 1 is 1.03 bits per heavy atom. The number of ether oxygens (including phenoxy) is 2. The van der Waals surface area contributed by atoms with Crippen molar-refractivity contribution in [1.29, 1.82) is 0 Å². The molecular weight excluding hydrogens is 496 g/mol. The fourth-order valence-corrected chi connectivity index (χ4v) is 5.51. The molecule has 3 aliphatic rings. The predicted molar refractivity (Wildman–Crippen MR) is 134 cm³/mol.